The number of hydrogen-bond acceptors (Lipinski definition) is 6. The highest BCUT2D eigenvalue weighted by atomic mass is 16.6. The smallest absolute Gasteiger partial charge is 0.302 e. The van der Waals surface area contributed by atoms with Crippen molar-refractivity contribution in [1.29, 1.82) is 0 Å². The summed E-state index contributed by atoms with van der Waals surface area (Å²) >= 11 is 0. The minimum Gasteiger partial charge on any atom is -0.493 e. The summed E-state index contributed by atoms with van der Waals surface area (Å²) < 4.78 is 21.8. The molecule has 2 aromatic rings. The van der Waals surface area contributed by atoms with Crippen molar-refractivity contribution in [3.8, 4) is 28.4 Å². The van der Waals surface area contributed by atoms with Crippen molar-refractivity contribution < 1.29 is 28.5 Å². The molecule has 0 spiro atoms. The molecule has 0 bridgehead atoms. The largest absolute Gasteiger partial charge is 0.493 e. The number of carbonyl (C=O) groups is 2. The highest BCUT2D eigenvalue weighted by molar-refractivity contribution is 6.02. The van der Waals surface area contributed by atoms with E-state index in [1.54, 1.807) is 14.2 Å². The number of carbonyl (C=O) groups excluding carboxylic acids is 2. The van der Waals surface area contributed by atoms with Crippen LogP contribution in [0, 0.1) is 0 Å². The van der Waals surface area contributed by atoms with Gasteiger partial charge in [-0.1, -0.05) is 18.2 Å². The zero-order valence-corrected chi connectivity index (χ0v) is 15.7. The molecule has 6 heteroatoms. The van der Waals surface area contributed by atoms with E-state index in [0.29, 0.717) is 30.1 Å². The number of Topliss-reactive ketones (excluding diaryl/α,β-unsaturated/α-hetero) is 1. The second-order valence-corrected chi connectivity index (χ2v) is 6.12. The highest BCUT2D eigenvalue weighted by Crippen LogP contribution is 2.46. The Kier molecular flexibility index (Phi) is 5.64. The van der Waals surface area contributed by atoms with E-state index in [1.165, 1.54) is 6.92 Å². The lowest BCUT2D eigenvalue weighted by atomic mass is 9.95. The fourth-order valence-corrected chi connectivity index (χ4v) is 3.33. The molecule has 0 amide bonds. The van der Waals surface area contributed by atoms with Crippen LogP contribution >= 0.6 is 0 Å². The van der Waals surface area contributed by atoms with Crippen molar-refractivity contribution >= 4 is 11.8 Å². The number of hydrogen-bond donors (Lipinski definition) is 0. The Morgan fingerprint density at radius 2 is 1.70 bits per heavy atom. The number of fused-ring (bicyclic) bond motifs is 1. The maximum Gasteiger partial charge on any atom is 0.302 e. The number of ether oxygens (including phenoxy) is 4. The van der Waals surface area contributed by atoms with Crippen LogP contribution in [0.1, 0.15) is 29.3 Å². The van der Waals surface area contributed by atoms with E-state index in [1.807, 2.05) is 30.3 Å². The van der Waals surface area contributed by atoms with Crippen molar-refractivity contribution in [3.05, 3.63) is 41.5 Å². The zero-order chi connectivity index (χ0) is 19.4. The van der Waals surface area contributed by atoms with E-state index in [0.717, 1.165) is 22.3 Å². The van der Waals surface area contributed by atoms with Gasteiger partial charge in [-0.15, -0.1) is 0 Å². The summed E-state index contributed by atoms with van der Waals surface area (Å²) in [6.45, 7) is 1.65. The van der Waals surface area contributed by atoms with Gasteiger partial charge in [0.1, 0.15) is 13.2 Å². The second-order valence-electron chi connectivity index (χ2n) is 6.12. The molecule has 0 saturated carbocycles. The first kappa shape index (κ1) is 18.8. The monoisotopic (exact) mass is 370 g/mol. The molecule has 3 rings (SSSR count). The van der Waals surface area contributed by atoms with Crippen LogP contribution in [0.15, 0.2) is 30.3 Å². The van der Waals surface area contributed by atoms with E-state index in [9.17, 15) is 9.59 Å². The lowest BCUT2D eigenvalue weighted by Crippen LogP contribution is -2.11. The van der Waals surface area contributed by atoms with Crippen LogP contribution in [-0.4, -0.2) is 39.2 Å². The van der Waals surface area contributed by atoms with Crippen LogP contribution in [0.25, 0.3) is 11.1 Å². The molecule has 2 aromatic carbocycles. The topological polar surface area (TPSA) is 71.1 Å². The van der Waals surface area contributed by atoms with Gasteiger partial charge in [-0.2, -0.15) is 0 Å². The lowest BCUT2D eigenvalue weighted by Gasteiger charge is -2.19. The number of rotatable bonds is 7. The van der Waals surface area contributed by atoms with Gasteiger partial charge in [0.05, 0.1) is 14.2 Å². The predicted molar refractivity (Wildman–Crippen MR) is 99.8 cm³/mol. The Balaban J connectivity index is 2.05. The summed E-state index contributed by atoms with van der Waals surface area (Å²) in [5.74, 6) is 1.28. The number of ketones is 1. The molecule has 0 unspecified atom stereocenters. The Bertz CT molecular complexity index is 871. The van der Waals surface area contributed by atoms with Crippen molar-refractivity contribution in [1.82, 2.24) is 0 Å². The van der Waals surface area contributed by atoms with E-state index < -0.39 is 0 Å². The quantitative estimate of drug-likeness (QED) is 0.549. The van der Waals surface area contributed by atoms with Gasteiger partial charge < -0.3 is 18.9 Å². The van der Waals surface area contributed by atoms with Crippen LogP contribution in [0.5, 0.6) is 17.2 Å². The zero-order valence-electron chi connectivity index (χ0n) is 15.7. The van der Waals surface area contributed by atoms with Gasteiger partial charge in [-0.3, -0.25) is 9.59 Å². The first-order valence-electron chi connectivity index (χ1n) is 8.73. The number of esters is 1. The molecule has 0 aliphatic heterocycles. The molecule has 27 heavy (non-hydrogen) atoms. The van der Waals surface area contributed by atoms with Crippen LogP contribution in [0.4, 0.5) is 0 Å². The van der Waals surface area contributed by atoms with E-state index in [4.69, 9.17) is 18.9 Å². The van der Waals surface area contributed by atoms with Crippen LogP contribution in [-0.2, 0) is 16.0 Å². The maximum absolute atomic E-state index is 12.1. The summed E-state index contributed by atoms with van der Waals surface area (Å²) in [6.07, 6.45) is 1.22. The van der Waals surface area contributed by atoms with Gasteiger partial charge in [0.2, 0.25) is 5.75 Å². The third-order valence-corrected chi connectivity index (χ3v) is 4.50. The standard InChI is InChI=1S/C21H22O6/c1-13(22)26-11-12-27-20-17(8-10-19(24-2)21(20)25-3)14-5-4-6-16-15(14)7-9-18(16)23/h4-6,8,10H,7,9,11-12H2,1-3H3. The molecule has 6 nitrogen and oxygen atoms in total. The number of benzene rings is 2. The summed E-state index contributed by atoms with van der Waals surface area (Å²) in [7, 11) is 3.10. The van der Waals surface area contributed by atoms with E-state index >= 15 is 0 Å². The van der Waals surface area contributed by atoms with Gasteiger partial charge in [-0.25, -0.2) is 0 Å². The van der Waals surface area contributed by atoms with Crippen molar-refractivity contribution in [2.75, 3.05) is 27.4 Å². The molecule has 0 radical (unpaired) electrons. The summed E-state index contributed by atoms with van der Waals surface area (Å²) in [6, 6.07) is 9.40. The molecule has 0 saturated heterocycles. The van der Waals surface area contributed by atoms with E-state index in [-0.39, 0.29) is 25.0 Å². The average molecular weight is 370 g/mol. The molecule has 0 heterocycles. The fraction of sp³-hybridized carbons (Fsp3) is 0.333. The van der Waals surface area contributed by atoms with Gasteiger partial charge in [-0.05, 0) is 29.7 Å². The normalized spacial score (nSPS) is 12.5. The number of methoxy groups -OCH3 is 2. The van der Waals surface area contributed by atoms with Crippen LogP contribution in [0.3, 0.4) is 0 Å². The second kappa shape index (κ2) is 8.12. The molecule has 0 atom stereocenters. The van der Waals surface area contributed by atoms with Crippen LogP contribution < -0.4 is 14.2 Å². The van der Waals surface area contributed by atoms with Crippen molar-refractivity contribution in [3.63, 3.8) is 0 Å². The molecular formula is C21H22O6. The fourth-order valence-electron chi connectivity index (χ4n) is 3.33. The van der Waals surface area contributed by atoms with Gasteiger partial charge in [0.25, 0.3) is 0 Å². The minimum absolute atomic E-state index is 0.126. The summed E-state index contributed by atoms with van der Waals surface area (Å²) in [4.78, 5) is 23.1. The predicted octanol–water partition coefficient (Wildman–Crippen LogP) is 3.44. The Morgan fingerprint density at radius 3 is 2.41 bits per heavy atom. The van der Waals surface area contributed by atoms with Gasteiger partial charge in [0.15, 0.2) is 17.3 Å². The Morgan fingerprint density at radius 1 is 0.926 bits per heavy atom. The Hall–Kier alpha value is -3.02. The maximum atomic E-state index is 12.1. The third kappa shape index (κ3) is 3.74. The lowest BCUT2D eigenvalue weighted by molar-refractivity contribution is -0.141. The molecule has 1 aliphatic carbocycles. The summed E-state index contributed by atoms with van der Waals surface area (Å²) in [5, 5.41) is 0. The van der Waals surface area contributed by atoms with Crippen molar-refractivity contribution in [2.45, 2.75) is 19.8 Å². The molecule has 0 fully saturated rings. The van der Waals surface area contributed by atoms with E-state index in [2.05, 4.69) is 0 Å². The SMILES string of the molecule is COc1ccc(-c2cccc3c2CCC3=O)c(OCCOC(C)=O)c1OC. The van der Waals surface area contributed by atoms with Crippen molar-refractivity contribution in [2.24, 2.45) is 0 Å². The molecule has 1 aliphatic rings. The first-order valence-corrected chi connectivity index (χ1v) is 8.73. The molecule has 0 aromatic heterocycles. The average Bonchev–Trinajstić information content (AvgIpc) is 3.05. The minimum atomic E-state index is -0.365. The summed E-state index contributed by atoms with van der Waals surface area (Å²) in [5.41, 5.74) is 3.51. The molecule has 0 N–H and O–H groups in total. The highest BCUT2D eigenvalue weighted by Gasteiger charge is 2.25. The third-order valence-electron chi connectivity index (χ3n) is 4.50. The molecule has 142 valence electrons. The van der Waals surface area contributed by atoms with Crippen LogP contribution in [0.2, 0.25) is 0 Å². The van der Waals surface area contributed by atoms with Gasteiger partial charge in [0, 0.05) is 24.5 Å². The molecular weight excluding hydrogens is 348 g/mol. The first-order chi connectivity index (χ1) is 13.1. The Labute approximate surface area is 158 Å². The van der Waals surface area contributed by atoms with Gasteiger partial charge >= 0.3 is 5.97 Å².